The van der Waals surface area contributed by atoms with Crippen LogP contribution in [0, 0.1) is 0 Å². The fourth-order valence-electron chi connectivity index (χ4n) is 1.76. The first-order chi connectivity index (χ1) is 7.25. The first kappa shape index (κ1) is 9.71. The molecular weight excluding hydrogens is 188 g/mol. The molecule has 2 rings (SSSR count). The van der Waals surface area contributed by atoms with Crippen LogP contribution in [0.15, 0.2) is 42.0 Å². The zero-order valence-electron chi connectivity index (χ0n) is 8.31. The van der Waals surface area contributed by atoms with Crippen LogP contribution in [0.1, 0.15) is 17.5 Å². The maximum absolute atomic E-state index is 10.4. The zero-order valence-corrected chi connectivity index (χ0v) is 8.31. The van der Waals surface area contributed by atoms with Gasteiger partial charge in [-0.05, 0) is 29.5 Å². The van der Waals surface area contributed by atoms with Crippen LogP contribution in [-0.2, 0) is 11.2 Å². The Bertz CT molecular complexity index is 442. The molecule has 0 aromatic heterocycles. The highest BCUT2D eigenvalue weighted by molar-refractivity contribution is 5.81. The van der Waals surface area contributed by atoms with Crippen LogP contribution in [-0.4, -0.2) is 11.1 Å². The number of carboxylic acid groups (broad SMARTS) is 1. The van der Waals surface area contributed by atoms with Crippen molar-refractivity contribution in [2.24, 2.45) is 0 Å². The van der Waals surface area contributed by atoms with E-state index < -0.39 is 5.97 Å². The Morgan fingerprint density at radius 1 is 1.27 bits per heavy atom. The number of carboxylic acids is 1. The molecular formula is C13H12O2. The molecule has 0 atom stereocenters. The number of hydrogen-bond donors (Lipinski definition) is 1. The van der Waals surface area contributed by atoms with E-state index in [-0.39, 0.29) is 0 Å². The molecule has 1 aliphatic rings. The van der Waals surface area contributed by atoms with Crippen molar-refractivity contribution in [3.63, 3.8) is 0 Å². The van der Waals surface area contributed by atoms with Gasteiger partial charge in [-0.3, -0.25) is 0 Å². The summed E-state index contributed by atoms with van der Waals surface area (Å²) in [6, 6.07) is 8.20. The first-order valence-electron chi connectivity index (χ1n) is 4.95. The topological polar surface area (TPSA) is 37.3 Å². The van der Waals surface area contributed by atoms with Gasteiger partial charge in [-0.15, -0.1) is 0 Å². The fourth-order valence-corrected chi connectivity index (χ4v) is 1.76. The molecule has 0 aliphatic heterocycles. The van der Waals surface area contributed by atoms with Crippen LogP contribution in [0.25, 0.3) is 6.08 Å². The third-order valence-corrected chi connectivity index (χ3v) is 2.52. The van der Waals surface area contributed by atoms with E-state index in [1.54, 1.807) is 6.08 Å². The van der Waals surface area contributed by atoms with Crippen LogP contribution in [0.5, 0.6) is 0 Å². The van der Waals surface area contributed by atoms with Crippen LogP contribution >= 0.6 is 0 Å². The summed E-state index contributed by atoms with van der Waals surface area (Å²) in [5.74, 6) is -0.894. The summed E-state index contributed by atoms with van der Waals surface area (Å²) in [5.41, 5.74) is 3.62. The molecule has 1 aromatic rings. The van der Waals surface area contributed by atoms with E-state index in [4.69, 9.17) is 5.11 Å². The predicted octanol–water partition coefficient (Wildman–Crippen LogP) is 2.66. The maximum atomic E-state index is 10.4. The Morgan fingerprint density at radius 2 is 2.07 bits per heavy atom. The van der Waals surface area contributed by atoms with Gasteiger partial charge in [0.25, 0.3) is 0 Å². The Hall–Kier alpha value is -1.83. The van der Waals surface area contributed by atoms with Crippen molar-refractivity contribution in [3.8, 4) is 0 Å². The molecule has 1 aromatic carbocycles. The molecule has 0 heterocycles. The lowest BCUT2D eigenvalue weighted by atomic mass is 9.92. The van der Waals surface area contributed by atoms with E-state index in [1.165, 1.54) is 17.2 Å². The highest BCUT2D eigenvalue weighted by atomic mass is 16.4. The largest absolute Gasteiger partial charge is 0.478 e. The number of aryl methyl sites for hydroxylation is 1. The SMILES string of the molecule is O=C(O)/C=C\C1=Cc2ccccc2CC1. The lowest BCUT2D eigenvalue weighted by Crippen LogP contribution is -1.98. The van der Waals surface area contributed by atoms with Crippen molar-refractivity contribution in [2.75, 3.05) is 0 Å². The van der Waals surface area contributed by atoms with E-state index >= 15 is 0 Å². The summed E-state index contributed by atoms with van der Waals surface area (Å²) >= 11 is 0. The van der Waals surface area contributed by atoms with Gasteiger partial charge in [0.2, 0.25) is 0 Å². The summed E-state index contributed by atoms with van der Waals surface area (Å²) < 4.78 is 0. The smallest absolute Gasteiger partial charge is 0.328 e. The summed E-state index contributed by atoms with van der Waals surface area (Å²) in [6.07, 6.45) is 6.84. The van der Waals surface area contributed by atoms with Gasteiger partial charge in [-0.1, -0.05) is 36.4 Å². The van der Waals surface area contributed by atoms with Crippen LogP contribution in [0.4, 0.5) is 0 Å². The average Bonchev–Trinajstić information content (AvgIpc) is 2.26. The van der Waals surface area contributed by atoms with Gasteiger partial charge in [0.15, 0.2) is 0 Å². The van der Waals surface area contributed by atoms with Gasteiger partial charge in [-0.2, -0.15) is 0 Å². The third kappa shape index (κ3) is 2.34. The quantitative estimate of drug-likeness (QED) is 0.745. The Balaban J connectivity index is 2.25. The minimum absolute atomic E-state index is 0.894. The second-order valence-corrected chi connectivity index (χ2v) is 3.59. The molecule has 15 heavy (non-hydrogen) atoms. The zero-order chi connectivity index (χ0) is 10.7. The lowest BCUT2D eigenvalue weighted by molar-refractivity contribution is -0.131. The van der Waals surface area contributed by atoms with E-state index in [2.05, 4.69) is 18.2 Å². The second kappa shape index (κ2) is 4.13. The number of rotatable bonds is 2. The molecule has 0 bridgehead atoms. The van der Waals surface area contributed by atoms with Gasteiger partial charge < -0.3 is 5.11 Å². The third-order valence-electron chi connectivity index (χ3n) is 2.52. The average molecular weight is 200 g/mol. The standard InChI is InChI=1S/C13H12O2/c14-13(15)8-6-10-5-7-11-3-1-2-4-12(11)9-10/h1-4,6,8-9H,5,7H2,(H,14,15)/b8-6-. The van der Waals surface area contributed by atoms with E-state index in [0.29, 0.717) is 0 Å². The molecule has 0 unspecified atom stereocenters. The van der Waals surface area contributed by atoms with E-state index in [1.807, 2.05) is 12.1 Å². The van der Waals surface area contributed by atoms with Crippen LogP contribution in [0.3, 0.4) is 0 Å². The number of aliphatic carboxylic acids is 1. The highest BCUT2D eigenvalue weighted by Crippen LogP contribution is 2.24. The molecule has 0 saturated carbocycles. The molecule has 0 spiro atoms. The number of hydrogen-bond acceptors (Lipinski definition) is 1. The molecule has 76 valence electrons. The monoisotopic (exact) mass is 200 g/mol. The molecule has 1 N–H and O–H groups in total. The lowest BCUT2D eigenvalue weighted by Gasteiger charge is -2.13. The van der Waals surface area contributed by atoms with E-state index in [0.717, 1.165) is 18.4 Å². The molecule has 0 fully saturated rings. The van der Waals surface area contributed by atoms with Crippen molar-refractivity contribution in [3.05, 3.63) is 53.1 Å². The fraction of sp³-hybridized carbons (Fsp3) is 0.154. The summed E-state index contributed by atoms with van der Waals surface area (Å²) in [7, 11) is 0. The van der Waals surface area contributed by atoms with Crippen molar-refractivity contribution >= 4 is 12.0 Å². The van der Waals surface area contributed by atoms with Crippen molar-refractivity contribution in [2.45, 2.75) is 12.8 Å². The highest BCUT2D eigenvalue weighted by Gasteiger charge is 2.07. The number of carbonyl (C=O) groups is 1. The number of benzene rings is 1. The van der Waals surface area contributed by atoms with Gasteiger partial charge in [-0.25, -0.2) is 4.79 Å². The van der Waals surface area contributed by atoms with Gasteiger partial charge >= 0.3 is 5.97 Å². The van der Waals surface area contributed by atoms with Crippen LogP contribution in [0.2, 0.25) is 0 Å². The second-order valence-electron chi connectivity index (χ2n) is 3.59. The minimum Gasteiger partial charge on any atom is -0.478 e. The molecule has 0 radical (unpaired) electrons. The van der Waals surface area contributed by atoms with Crippen molar-refractivity contribution < 1.29 is 9.90 Å². The molecule has 2 nitrogen and oxygen atoms in total. The Labute approximate surface area is 88.6 Å². The maximum Gasteiger partial charge on any atom is 0.328 e. The molecule has 0 saturated heterocycles. The summed E-state index contributed by atoms with van der Waals surface area (Å²) in [4.78, 5) is 10.4. The summed E-state index contributed by atoms with van der Waals surface area (Å²) in [6.45, 7) is 0. The normalized spacial score (nSPS) is 14.8. The van der Waals surface area contributed by atoms with Gasteiger partial charge in [0, 0.05) is 6.08 Å². The molecule has 1 aliphatic carbocycles. The predicted molar refractivity (Wildman–Crippen MR) is 59.5 cm³/mol. The molecule has 2 heteroatoms. The summed E-state index contributed by atoms with van der Waals surface area (Å²) in [5, 5.41) is 8.53. The van der Waals surface area contributed by atoms with Crippen LogP contribution < -0.4 is 0 Å². The first-order valence-corrected chi connectivity index (χ1v) is 4.95. The van der Waals surface area contributed by atoms with Crippen molar-refractivity contribution in [1.29, 1.82) is 0 Å². The van der Waals surface area contributed by atoms with Gasteiger partial charge in [0.05, 0.1) is 0 Å². The Morgan fingerprint density at radius 3 is 2.87 bits per heavy atom. The van der Waals surface area contributed by atoms with Crippen molar-refractivity contribution in [1.82, 2.24) is 0 Å². The number of allylic oxidation sites excluding steroid dienone is 2. The number of fused-ring (bicyclic) bond motifs is 1. The van der Waals surface area contributed by atoms with E-state index in [9.17, 15) is 4.79 Å². The molecule has 0 amide bonds. The minimum atomic E-state index is -0.894. The van der Waals surface area contributed by atoms with Gasteiger partial charge in [0.1, 0.15) is 0 Å². The Kier molecular flexibility index (Phi) is 2.68.